The summed E-state index contributed by atoms with van der Waals surface area (Å²) >= 11 is 3.53. The van der Waals surface area contributed by atoms with Gasteiger partial charge in [-0.1, -0.05) is 6.07 Å². The fourth-order valence-electron chi connectivity index (χ4n) is 3.01. The van der Waals surface area contributed by atoms with Crippen LogP contribution in [-0.2, 0) is 4.84 Å². The smallest absolute Gasteiger partial charge is 0.171 e. The molecule has 2 fully saturated rings. The predicted octanol–water partition coefficient (Wildman–Crippen LogP) is 3.31. The number of aromatic nitrogens is 2. The maximum atomic E-state index is 5.97. The fourth-order valence-corrected chi connectivity index (χ4v) is 3.45. The Balaban J connectivity index is 1.73. The van der Waals surface area contributed by atoms with Crippen LogP contribution in [0, 0.1) is 5.92 Å². The maximum absolute atomic E-state index is 5.97. The average molecular weight is 320 g/mol. The summed E-state index contributed by atoms with van der Waals surface area (Å²) < 4.78 is 0.972. The van der Waals surface area contributed by atoms with Gasteiger partial charge >= 0.3 is 0 Å². The van der Waals surface area contributed by atoms with Crippen molar-refractivity contribution in [1.82, 2.24) is 9.97 Å². The minimum Gasteiger partial charge on any atom is -0.269 e. The molecule has 1 saturated carbocycles. The number of anilines is 1. The van der Waals surface area contributed by atoms with E-state index in [2.05, 4.69) is 25.9 Å². The normalized spacial score (nSPS) is 26.1. The van der Waals surface area contributed by atoms with Crippen LogP contribution in [0.25, 0.3) is 11.0 Å². The van der Waals surface area contributed by atoms with Crippen LogP contribution in [0.2, 0.25) is 0 Å². The molecule has 1 aliphatic carbocycles. The minimum absolute atomic E-state index is 0.371. The lowest BCUT2D eigenvalue weighted by Crippen LogP contribution is -2.37. The SMILES string of the molecule is Brc1cccc2ncc(N3CC4CCC(C4)O3)nc12. The monoisotopic (exact) mass is 319 g/mol. The molecule has 1 saturated heterocycles. The van der Waals surface area contributed by atoms with E-state index in [4.69, 9.17) is 4.84 Å². The molecule has 0 spiro atoms. The topological polar surface area (TPSA) is 38.2 Å². The molecule has 2 heterocycles. The molecule has 2 unspecified atom stereocenters. The standard InChI is InChI=1S/C14H14BrN3O/c15-11-2-1-3-12-14(11)17-13(7-16-12)18-8-9-4-5-10(6-9)19-18/h1-3,7,9-10H,4-6,8H2. The van der Waals surface area contributed by atoms with Crippen LogP contribution in [0.3, 0.4) is 0 Å². The third-order valence-electron chi connectivity index (χ3n) is 3.96. The van der Waals surface area contributed by atoms with Crippen LogP contribution < -0.4 is 5.06 Å². The van der Waals surface area contributed by atoms with Crippen molar-refractivity contribution in [1.29, 1.82) is 0 Å². The van der Waals surface area contributed by atoms with Gasteiger partial charge in [-0.15, -0.1) is 0 Å². The molecule has 98 valence electrons. The minimum atomic E-state index is 0.371. The average Bonchev–Trinajstić information content (AvgIpc) is 2.78. The largest absolute Gasteiger partial charge is 0.269 e. The van der Waals surface area contributed by atoms with Crippen LogP contribution in [0.4, 0.5) is 5.82 Å². The Morgan fingerprint density at radius 3 is 3.16 bits per heavy atom. The lowest BCUT2D eigenvalue weighted by Gasteiger charge is -2.31. The quantitative estimate of drug-likeness (QED) is 0.808. The summed E-state index contributed by atoms with van der Waals surface area (Å²) in [5.74, 6) is 1.56. The van der Waals surface area contributed by atoms with Gasteiger partial charge in [-0.3, -0.25) is 9.82 Å². The van der Waals surface area contributed by atoms with E-state index in [0.29, 0.717) is 6.10 Å². The first-order chi connectivity index (χ1) is 9.29. The zero-order valence-electron chi connectivity index (χ0n) is 10.4. The molecule has 1 aromatic carbocycles. The molecule has 1 aliphatic heterocycles. The summed E-state index contributed by atoms with van der Waals surface area (Å²) in [6.45, 7) is 0.932. The van der Waals surface area contributed by atoms with Gasteiger partial charge in [-0.25, -0.2) is 10.0 Å². The van der Waals surface area contributed by atoms with Crippen molar-refractivity contribution in [2.24, 2.45) is 5.92 Å². The van der Waals surface area contributed by atoms with Crippen molar-refractivity contribution in [2.75, 3.05) is 11.6 Å². The first kappa shape index (κ1) is 11.6. The van der Waals surface area contributed by atoms with Crippen molar-refractivity contribution in [3.8, 4) is 0 Å². The highest BCUT2D eigenvalue weighted by atomic mass is 79.9. The highest BCUT2D eigenvalue weighted by Gasteiger charge is 2.34. The molecular weight excluding hydrogens is 306 g/mol. The lowest BCUT2D eigenvalue weighted by molar-refractivity contribution is 0.00890. The second-order valence-electron chi connectivity index (χ2n) is 5.30. The van der Waals surface area contributed by atoms with Gasteiger partial charge in [-0.2, -0.15) is 0 Å². The van der Waals surface area contributed by atoms with Gasteiger partial charge in [0.25, 0.3) is 0 Å². The lowest BCUT2D eigenvalue weighted by atomic mass is 10.1. The molecule has 0 radical (unpaired) electrons. The van der Waals surface area contributed by atoms with E-state index >= 15 is 0 Å². The van der Waals surface area contributed by atoms with E-state index in [1.165, 1.54) is 19.3 Å². The molecule has 2 bridgehead atoms. The first-order valence-corrected chi connectivity index (χ1v) is 7.44. The van der Waals surface area contributed by atoms with Crippen molar-refractivity contribution < 1.29 is 4.84 Å². The number of halogens is 1. The molecule has 2 aliphatic rings. The number of rotatable bonds is 1. The number of nitrogens with zero attached hydrogens (tertiary/aromatic N) is 3. The third-order valence-corrected chi connectivity index (χ3v) is 4.60. The number of fused-ring (bicyclic) bond motifs is 3. The van der Waals surface area contributed by atoms with E-state index in [1.54, 1.807) is 6.20 Å². The van der Waals surface area contributed by atoms with Crippen LogP contribution in [-0.4, -0.2) is 22.6 Å². The Labute approximate surface area is 119 Å². The molecule has 5 heteroatoms. The molecule has 4 rings (SSSR count). The first-order valence-electron chi connectivity index (χ1n) is 6.65. The summed E-state index contributed by atoms with van der Waals surface area (Å²) in [5.41, 5.74) is 1.79. The number of benzene rings is 1. The molecule has 2 atom stereocenters. The highest BCUT2D eigenvalue weighted by Crippen LogP contribution is 2.35. The third kappa shape index (κ3) is 2.01. The van der Waals surface area contributed by atoms with Gasteiger partial charge < -0.3 is 0 Å². The van der Waals surface area contributed by atoms with Crippen molar-refractivity contribution in [3.63, 3.8) is 0 Å². The summed E-state index contributed by atoms with van der Waals surface area (Å²) in [7, 11) is 0. The second kappa shape index (κ2) is 4.42. The number of hydrogen-bond donors (Lipinski definition) is 0. The Morgan fingerprint density at radius 1 is 1.32 bits per heavy atom. The van der Waals surface area contributed by atoms with Gasteiger partial charge in [0.15, 0.2) is 5.82 Å². The molecular formula is C14H14BrN3O. The van der Waals surface area contributed by atoms with E-state index in [1.807, 2.05) is 23.3 Å². The fraction of sp³-hybridized carbons (Fsp3) is 0.429. The van der Waals surface area contributed by atoms with Gasteiger partial charge in [-0.05, 0) is 53.2 Å². The summed E-state index contributed by atoms with van der Waals surface area (Å²) in [6.07, 6.45) is 5.81. The Kier molecular flexibility index (Phi) is 2.70. The highest BCUT2D eigenvalue weighted by molar-refractivity contribution is 9.10. The molecule has 1 aromatic heterocycles. The van der Waals surface area contributed by atoms with Gasteiger partial charge in [0.2, 0.25) is 0 Å². The molecule has 19 heavy (non-hydrogen) atoms. The van der Waals surface area contributed by atoms with E-state index in [-0.39, 0.29) is 0 Å². The van der Waals surface area contributed by atoms with E-state index < -0.39 is 0 Å². The zero-order valence-corrected chi connectivity index (χ0v) is 12.0. The number of hydrogen-bond acceptors (Lipinski definition) is 4. The van der Waals surface area contributed by atoms with Gasteiger partial charge in [0.1, 0.15) is 5.52 Å². The molecule has 0 N–H and O–H groups in total. The van der Waals surface area contributed by atoms with E-state index in [9.17, 15) is 0 Å². The summed E-state index contributed by atoms with van der Waals surface area (Å²) in [6, 6.07) is 5.93. The molecule has 4 nitrogen and oxygen atoms in total. The van der Waals surface area contributed by atoms with Crippen molar-refractivity contribution >= 4 is 32.8 Å². The summed E-state index contributed by atoms with van der Waals surface area (Å²) in [5, 5.41) is 1.93. The van der Waals surface area contributed by atoms with Gasteiger partial charge in [0.05, 0.1) is 24.4 Å². The zero-order chi connectivity index (χ0) is 12.8. The van der Waals surface area contributed by atoms with Crippen LogP contribution in [0.15, 0.2) is 28.9 Å². The Morgan fingerprint density at radius 2 is 2.26 bits per heavy atom. The van der Waals surface area contributed by atoms with Crippen molar-refractivity contribution in [2.45, 2.75) is 25.4 Å². The summed E-state index contributed by atoms with van der Waals surface area (Å²) in [4.78, 5) is 15.1. The van der Waals surface area contributed by atoms with Crippen molar-refractivity contribution in [3.05, 3.63) is 28.9 Å². The number of hydroxylamine groups is 1. The molecule has 2 aromatic rings. The van der Waals surface area contributed by atoms with E-state index in [0.717, 1.165) is 33.8 Å². The van der Waals surface area contributed by atoms with Crippen LogP contribution in [0.1, 0.15) is 19.3 Å². The number of para-hydroxylation sites is 1. The Bertz CT molecular complexity index is 621. The van der Waals surface area contributed by atoms with Crippen LogP contribution in [0.5, 0.6) is 0 Å². The molecule has 0 amide bonds. The Hall–Kier alpha value is -1.20. The van der Waals surface area contributed by atoms with Gasteiger partial charge in [0, 0.05) is 4.47 Å². The van der Waals surface area contributed by atoms with Crippen LogP contribution >= 0.6 is 15.9 Å². The maximum Gasteiger partial charge on any atom is 0.171 e. The second-order valence-corrected chi connectivity index (χ2v) is 6.16. The predicted molar refractivity (Wildman–Crippen MR) is 76.8 cm³/mol.